The van der Waals surface area contributed by atoms with Crippen LogP contribution in [0.3, 0.4) is 0 Å². The van der Waals surface area contributed by atoms with Crippen LogP contribution < -0.4 is 5.32 Å². The second-order valence-electron chi connectivity index (χ2n) is 6.65. The van der Waals surface area contributed by atoms with Crippen LogP contribution in [-0.4, -0.2) is 11.9 Å². The monoisotopic (exact) mass is 383 g/mol. The van der Waals surface area contributed by atoms with E-state index in [4.69, 9.17) is 0 Å². The van der Waals surface area contributed by atoms with Gasteiger partial charge in [0.25, 0.3) is 5.91 Å². The number of halogens is 5. The Morgan fingerprint density at radius 2 is 1.56 bits per heavy atom. The fourth-order valence-electron chi connectivity index (χ4n) is 3.71. The van der Waals surface area contributed by atoms with Crippen molar-refractivity contribution in [2.45, 2.75) is 43.8 Å². The lowest BCUT2D eigenvalue weighted by atomic mass is 9.78. The largest absolute Gasteiger partial charge is 0.416 e. The average molecular weight is 383 g/mol. The quantitative estimate of drug-likeness (QED) is 0.703. The van der Waals surface area contributed by atoms with Gasteiger partial charge in [0.15, 0.2) is 0 Å². The highest BCUT2D eigenvalue weighted by atomic mass is 19.4. The van der Waals surface area contributed by atoms with Crippen molar-refractivity contribution in [3.8, 4) is 0 Å². The number of carbonyl (C=O) groups excluding carboxylic acids is 1. The zero-order valence-electron chi connectivity index (χ0n) is 14.3. The van der Waals surface area contributed by atoms with Gasteiger partial charge in [0.1, 0.15) is 17.2 Å². The number of hydrogen-bond acceptors (Lipinski definition) is 1. The van der Waals surface area contributed by atoms with Gasteiger partial charge >= 0.3 is 6.18 Å². The molecule has 144 valence electrons. The summed E-state index contributed by atoms with van der Waals surface area (Å²) in [4.78, 5) is 12.4. The molecule has 0 bridgehead atoms. The Morgan fingerprint density at radius 1 is 0.926 bits per heavy atom. The van der Waals surface area contributed by atoms with Gasteiger partial charge in [0.05, 0.1) is 5.56 Å². The van der Waals surface area contributed by atoms with Crippen molar-refractivity contribution < 1.29 is 26.7 Å². The fourth-order valence-corrected chi connectivity index (χ4v) is 3.71. The van der Waals surface area contributed by atoms with Gasteiger partial charge in [-0.25, -0.2) is 8.78 Å². The number of nitrogens with one attached hydrogen (secondary N) is 1. The lowest BCUT2D eigenvalue weighted by molar-refractivity contribution is -0.138. The van der Waals surface area contributed by atoms with Crippen molar-refractivity contribution >= 4 is 5.91 Å². The molecule has 1 amide bonds. The lowest BCUT2D eigenvalue weighted by Gasteiger charge is -2.34. The first-order valence-electron chi connectivity index (χ1n) is 8.70. The minimum atomic E-state index is -4.51. The summed E-state index contributed by atoms with van der Waals surface area (Å²) in [7, 11) is 0. The summed E-state index contributed by atoms with van der Waals surface area (Å²) in [5.41, 5.74) is -1.36. The van der Waals surface area contributed by atoms with Crippen LogP contribution in [0, 0.1) is 11.6 Å². The van der Waals surface area contributed by atoms with Gasteiger partial charge in [-0.15, -0.1) is 0 Å². The topological polar surface area (TPSA) is 29.1 Å². The Bertz CT molecular complexity index is 813. The highest BCUT2D eigenvalue weighted by molar-refractivity contribution is 5.95. The number of carbonyl (C=O) groups is 1. The number of rotatable bonds is 3. The summed E-state index contributed by atoms with van der Waals surface area (Å²) in [5.74, 6) is -3.53. The SMILES string of the molecule is O=C(N[C@@H]1CCCC[C@H]1c1ccccc1C(F)(F)F)c1c(F)cccc1F. The Balaban J connectivity index is 1.90. The molecule has 0 spiro atoms. The molecule has 1 aliphatic carbocycles. The van der Waals surface area contributed by atoms with Crippen molar-refractivity contribution in [3.63, 3.8) is 0 Å². The van der Waals surface area contributed by atoms with Gasteiger partial charge in [-0.2, -0.15) is 13.2 Å². The molecule has 0 aromatic heterocycles. The second-order valence-corrected chi connectivity index (χ2v) is 6.65. The van der Waals surface area contributed by atoms with Gasteiger partial charge < -0.3 is 5.32 Å². The molecule has 0 unspecified atom stereocenters. The molecule has 3 rings (SSSR count). The summed E-state index contributed by atoms with van der Waals surface area (Å²) in [5, 5.41) is 2.56. The van der Waals surface area contributed by atoms with E-state index in [-0.39, 0.29) is 5.56 Å². The standard InChI is InChI=1S/C20H18F5NO/c21-15-9-5-10-16(22)18(15)19(27)26-17-11-4-2-7-13(17)12-6-1-3-8-14(12)20(23,24)25/h1,3,5-6,8-10,13,17H,2,4,7,11H2,(H,26,27)/t13-,17+/m0/s1. The molecule has 1 saturated carbocycles. The first kappa shape index (κ1) is 19.3. The molecule has 0 aliphatic heterocycles. The van der Waals surface area contributed by atoms with E-state index in [9.17, 15) is 26.7 Å². The summed E-state index contributed by atoms with van der Waals surface area (Å²) in [6.45, 7) is 0. The van der Waals surface area contributed by atoms with Crippen molar-refractivity contribution in [1.29, 1.82) is 0 Å². The Morgan fingerprint density at radius 3 is 2.22 bits per heavy atom. The molecule has 1 aliphatic rings. The zero-order chi connectivity index (χ0) is 19.6. The molecular formula is C20H18F5NO. The van der Waals surface area contributed by atoms with Gasteiger partial charge in [-0.05, 0) is 36.6 Å². The first-order valence-corrected chi connectivity index (χ1v) is 8.70. The molecule has 2 nitrogen and oxygen atoms in total. The maximum absolute atomic E-state index is 13.8. The Labute approximate surface area is 153 Å². The lowest BCUT2D eigenvalue weighted by Crippen LogP contribution is -2.42. The third-order valence-electron chi connectivity index (χ3n) is 4.94. The Hall–Kier alpha value is -2.44. The maximum Gasteiger partial charge on any atom is 0.416 e. The number of alkyl halides is 3. The highest BCUT2D eigenvalue weighted by Crippen LogP contribution is 2.40. The summed E-state index contributed by atoms with van der Waals surface area (Å²) < 4.78 is 67.8. The maximum atomic E-state index is 13.8. The van der Waals surface area contributed by atoms with E-state index in [1.54, 1.807) is 0 Å². The van der Waals surface area contributed by atoms with Crippen molar-refractivity contribution in [2.75, 3.05) is 0 Å². The van der Waals surface area contributed by atoms with Crippen molar-refractivity contribution in [1.82, 2.24) is 5.32 Å². The average Bonchev–Trinajstić information content (AvgIpc) is 2.61. The molecule has 7 heteroatoms. The van der Waals surface area contributed by atoms with Crippen molar-refractivity contribution in [2.24, 2.45) is 0 Å². The third kappa shape index (κ3) is 4.12. The molecule has 0 heterocycles. The third-order valence-corrected chi connectivity index (χ3v) is 4.94. The normalized spacial score (nSPS) is 20.3. The fraction of sp³-hybridized carbons (Fsp3) is 0.350. The van der Waals surface area contributed by atoms with Gasteiger partial charge in [-0.1, -0.05) is 37.1 Å². The number of amides is 1. The molecule has 2 aromatic rings. The van der Waals surface area contributed by atoms with E-state index in [1.165, 1.54) is 18.2 Å². The van der Waals surface area contributed by atoms with Gasteiger partial charge in [0.2, 0.25) is 0 Å². The van der Waals surface area contributed by atoms with E-state index >= 15 is 0 Å². The van der Waals surface area contributed by atoms with E-state index in [0.29, 0.717) is 12.8 Å². The van der Waals surface area contributed by atoms with Crippen LogP contribution in [0.15, 0.2) is 42.5 Å². The van der Waals surface area contributed by atoms with Crippen LogP contribution in [0.4, 0.5) is 22.0 Å². The van der Waals surface area contributed by atoms with Gasteiger partial charge in [0, 0.05) is 12.0 Å². The van der Waals surface area contributed by atoms with Crippen LogP contribution in [0.25, 0.3) is 0 Å². The minimum absolute atomic E-state index is 0.101. The first-order chi connectivity index (χ1) is 12.8. The molecule has 1 N–H and O–H groups in total. The summed E-state index contributed by atoms with van der Waals surface area (Å²) in [6, 6.07) is 7.70. The number of benzene rings is 2. The van der Waals surface area contributed by atoms with E-state index in [2.05, 4.69) is 5.32 Å². The summed E-state index contributed by atoms with van der Waals surface area (Å²) >= 11 is 0. The molecule has 2 atom stereocenters. The minimum Gasteiger partial charge on any atom is -0.349 e. The molecule has 2 aromatic carbocycles. The molecule has 1 fully saturated rings. The number of hydrogen-bond donors (Lipinski definition) is 1. The molecular weight excluding hydrogens is 365 g/mol. The smallest absolute Gasteiger partial charge is 0.349 e. The van der Waals surface area contributed by atoms with E-state index in [0.717, 1.165) is 37.1 Å². The van der Waals surface area contributed by atoms with E-state index < -0.39 is 46.8 Å². The van der Waals surface area contributed by atoms with Crippen LogP contribution >= 0.6 is 0 Å². The Kier molecular flexibility index (Phi) is 5.48. The predicted octanol–water partition coefficient (Wildman–Crippen LogP) is 5.44. The highest BCUT2D eigenvalue weighted by Gasteiger charge is 2.38. The van der Waals surface area contributed by atoms with Crippen LogP contribution in [-0.2, 0) is 6.18 Å². The van der Waals surface area contributed by atoms with E-state index in [1.807, 2.05) is 0 Å². The summed E-state index contributed by atoms with van der Waals surface area (Å²) in [6.07, 6.45) is -2.18. The van der Waals surface area contributed by atoms with Crippen LogP contribution in [0.1, 0.15) is 53.1 Å². The van der Waals surface area contributed by atoms with Crippen molar-refractivity contribution in [3.05, 3.63) is 70.8 Å². The molecule has 0 radical (unpaired) electrons. The van der Waals surface area contributed by atoms with Gasteiger partial charge in [-0.3, -0.25) is 4.79 Å². The second kappa shape index (κ2) is 7.66. The van der Waals surface area contributed by atoms with Crippen LogP contribution in [0.5, 0.6) is 0 Å². The zero-order valence-corrected chi connectivity index (χ0v) is 14.3. The predicted molar refractivity (Wildman–Crippen MR) is 90.3 cm³/mol. The van der Waals surface area contributed by atoms with Crippen LogP contribution in [0.2, 0.25) is 0 Å². The molecule has 0 saturated heterocycles. The molecule has 27 heavy (non-hydrogen) atoms.